The van der Waals surface area contributed by atoms with E-state index in [1.54, 1.807) is 18.0 Å². The Hall–Kier alpha value is -2.71. The topological polar surface area (TPSA) is 68.9 Å². The molecule has 0 saturated carbocycles. The minimum Gasteiger partial charge on any atom is -0.362 e. The minimum atomic E-state index is 0.394. The summed E-state index contributed by atoms with van der Waals surface area (Å²) in [5.41, 5.74) is 3.27. The summed E-state index contributed by atoms with van der Waals surface area (Å²) in [4.78, 5) is 0. The maximum Gasteiger partial charge on any atom is 0.176 e. The van der Waals surface area contributed by atoms with Crippen LogP contribution in [0.2, 0.25) is 0 Å². The van der Waals surface area contributed by atoms with Gasteiger partial charge in [0, 0.05) is 19.4 Å². The van der Waals surface area contributed by atoms with Crippen molar-refractivity contribution in [1.29, 1.82) is 0 Å². The van der Waals surface area contributed by atoms with E-state index in [4.69, 9.17) is 17.0 Å². The van der Waals surface area contributed by atoms with Gasteiger partial charge in [-0.05, 0) is 30.3 Å². The number of hydrogen-bond donors (Lipinski definition) is 2. The van der Waals surface area contributed by atoms with Crippen LogP contribution >= 0.6 is 12.2 Å². The van der Waals surface area contributed by atoms with Crippen LogP contribution in [0.1, 0.15) is 11.1 Å². The van der Waals surface area contributed by atoms with E-state index >= 15 is 0 Å². The highest BCUT2D eigenvalue weighted by Crippen LogP contribution is 2.11. The number of nitrogens with zero attached hydrogens (tertiary/aromatic N) is 4. The van der Waals surface area contributed by atoms with E-state index in [2.05, 4.69) is 39.9 Å². The van der Waals surface area contributed by atoms with Gasteiger partial charge in [0.2, 0.25) is 0 Å². The van der Waals surface area contributed by atoms with Crippen LogP contribution in [0, 0.1) is 6.92 Å². The van der Waals surface area contributed by atoms with E-state index in [0.717, 1.165) is 12.2 Å². The molecule has 0 aliphatic heterocycles. The summed E-state index contributed by atoms with van der Waals surface area (Å²) in [7, 11) is 1.62. The summed E-state index contributed by atoms with van der Waals surface area (Å²) in [5, 5.41) is 15.2. The molecule has 0 aliphatic carbocycles. The first kappa shape index (κ1) is 17.1. The van der Waals surface area contributed by atoms with E-state index < -0.39 is 0 Å². The Morgan fingerprint density at radius 1 is 1.20 bits per heavy atom. The zero-order valence-electron chi connectivity index (χ0n) is 14.1. The molecule has 3 rings (SSSR count). The molecule has 0 radical (unpaired) electrons. The Morgan fingerprint density at radius 3 is 2.84 bits per heavy atom. The first-order valence-electron chi connectivity index (χ1n) is 7.81. The van der Waals surface area contributed by atoms with Gasteiger partial charge in [-0.25, -0.2) is 4.68 Å². The molecule has 2 aromatic heterocycles. The Kier molecular flexibility index (Phi) is 5.42. The van der Waals surface area contributed by atoms with E-state index in [1.165, 1.54) is 11.1 Å². The fourth-order valence-corrected chi connectivity index (χ4v) is 2.61. The van der Waals surface area contributed by atoms with Crippen LogP contribution < -0.4 is 10.6 Å². The molecule has 0 fully saturated rings. The first-order chi connectivity index (χ1) is 12.1. The molecule has 2 N–H and O–H groups in total. The standard InChI is InChI=1S/C17H20N6OS/c1-13-5-3-4-6-14(13)10-22-8-7-16(21-22)20-17(25)19-15-9-18-23(11-15)12-24-2/h3-9,11H,10,12H2,1-2H3,(H2,19,20,21,25). The monoisotopic (exact) mass is 356 g/mol. The highest BCUT2D eigenvalue weighted by atomic mass is 32.1. The van der Waals surface area contributed by atoms with Crippen LogP contribution in [0.15, 0.2) is 48.9 Å². The third-order valence-corrected chi connectivity index (χ3v) is 3.83. The zero-order valence-corrected chi connectivity index (χ0v) is 15.0. The van der Waals surface area contributed by atoms with Crippen molar-refractivity contribution in [3.05, 3.63) is 60.0 Å². The summed E-state index contributed by atoms with van der Waals surface area (Å²) < 4.78 is 8.56. The number of nitrogens with one attached hydrogen (secondary N) is 2. The van der Waals surface area contributed by atoms with Gasteiger partial charge in [-0.3, -0.25) is 4.68 Å². The third-order valence-electron chi connectivity index (χ3n) is 3.63. The smallest absolute Gasteiger partial charge is 0.176 e. The number of methoxy groups -OCH3 is 1. The predicted molar refractivity (Wildman–Crippen MR) is 102 cm³/mol. The molecule has 0 spiro atoms. The van der Waals surface area contributed by atoms with Crippen molar-refractivity contribution >= 4 is 28.8 Å². The molecular formula is C17H20N6OS. The fraction of sp³-hybridized carbons (Fsp3) is 0.235. The highest BCUT2D eigenvalue weighted by molar-refractivity contribution is 7.80. The van der Waals surface area contributed by atoms with Gasteiger partial charge in [0.25, 0.3) is 0 Å². The van der Waals surface area contributed by atoms with Gasteiger partial charge in [-0.1, -0.05) is 24.3 Å². The van der Waals surface area contributed by atoms with Crippen LogP contribution in [0.3, 0.4) is 0 Å². The normalized spacial score (nSPS) is 10.6. The average Bonchev–Trinajstić information content (AvgIpc) is 3.20. The molecule has 7 nitrogen and oxygen atoms in total. The van der Waals surface area contributed by atoms with Crippen molar-refractivity contribution in [2.45, 2.75) is 20.2 Å². The SMILES string of the molecule is COCn1cc(NC(=S)Nc2ccn(Cc3ccccc3C)n2)cn1. The van der Waals surface area contributed by atoms with E-state index in [1.807, 2.05) is 35.3 Å². The molecule has 2 heterocycles. The summed E-state index contributed by atoms with van der Waals surface area (Å²) in [5.74, 6) is 0.690. The average molecular weight is 356 g/mol. The second kappa shape index (κ2) is 7.91. The van der Waals surface area contributed by atoms with Crippen LogP contribution in [0.25, 0.3) is 0 Å². The molecule has 0 bridgehead atoms. The Bertz CT molecular complexity index is 856. The number of aryl methyl sites for hydroxylation is 1. The van der Waals surface area contributed by atoms with Crippen LogP contribution in [-0.4, -0.2) is 31.8 Å². The number of anilines is 2. The van der Waals surface area contributed by atoms with Gasteiger partial charge in [0.05, 0.1) is 24.6 Å². The molecule has 0 amide bonds. The van der Waals surface area contributed by atoms with Gasteiger partial charge in [0.15, 0.2) is 10.9 Å². The fourth-order valence-electron chi connectivity index (χ4n) is 2.39. The first-order valence-corrected chi connectivity index (χ1v) is 8.22. The van der Waals surface area contributed by atoms with Gasteiger partial charge >= 0.3 is 0 Å². The second-order valence-electron chi connectivity index (χ2n) is 5.59. The van der Waals surface area contributed by atoms with Crippen LogP contribution in [-0.2, 0) is 18.0 Å². The molecule has 0 saturated heterocycles. The zero-order chi connectivity index (χ0) is 17.6. The molecule has 130 valence electrons. The molecule has 3 aromatic rings. The van der Waals surface area contributed by atoms with Crippen LogP contribution in [0.4, 0.5) is 11.5 Å². The van der Waals surface area contributed by atoms with Gasteiger partial charge in [-0.2, -0.15) is 10.2 Å². The van der Waals surface area contributed by atoms with Crippen molar-refractivity contribution in [1.82, 2.24) is 19.6 Å². The van der Waals surface area contributed by atoms with Crippen LogP contribution in [0.5, 0.6) is 0 Å². The Morgan fingerprint density at radius 2 is 2.04 bits per heavy atom. The third kappa shape index (κ3) is 4.65. The molecule has 8 heteroatoms. The quantitative estimate of drug-likeness (QED) is 0.662. The molecule has 0 atom stereocenters. The summed E-state index contributed by atoms with van der Waals surface area (Å²) in [6.07, 6.45) is 5.42. The Labute approximate surface area is 151 Å². The lowest BCUT2D eigenvalue weighted by atomic mass is 10.1. The van der Waals surface area contributed by atoms with Gasteiger partial charge in [0.1, 0.15) is 6.73 Å². The predicted octanol–water partition coefficient (Wildman–Crippen LogP) is 2.85. The lowest BCUT2D eigenvalue weighted by Gasteiger charge is -2.07. The summed E-state index contributed by atoms with van der Waals surface area (Å²) in [6, 6.07) is 10.2. The summed E-state index contributed by atoms with van der Waals surface area (Å²) >= 11 is 5.31. The maximum absolute atomic E-state index is 5.31. The van der Waals surface area contributed by atoms with Crippen molar-refractivity contribution in [3.63, 3.8) is 0 Å². The largest absolute Gasteiger partial charge is 0.362 e. The van der Waals surface area contributed by atoms with Gasteiger partial charge in [-0.15, -0.1) is 0 Å². The highest BCUT2D eigenvalue weighted by Gasteiger charge is 2.05. The second-order valence-corrected chi connectivity index (χ2v) is 6.00. The van der Waals surface area contributed by atoms with E-state index in [0.29, 0.717) is 17.7 Å². The lowest BCUT2D eigenvalue weighted by Crippen LogP contribution is -2.19. The van der Waals surface area contributed by atoms with E-state index in [9.17, 15) is 0 Å². The summed E-state index contributed by atoms with van der Waals surface area (Å²) in [6.45, 7) is 3.21. The van der Waals surface area contributed by atoms with Crippen molar-refractivity contribution in [2.24, 2.45) is 0 Å². The molecular weight excluding hydrogens is 336 g/mol. The maximum atomic E-state index is 5.31. The minimum absolute atomic E-state index is 0.394. The Balaban J connectivity index is 1.57. The lowest BCUT2D eigenvalue weighted by molar-refractivity contribution is 0.120. The molecule has 1 aromatic carbocycles. The molecule has 25 heavy (non-hydrogen) atoms. The van der Waals surface area contributed by atoms with Crippen molar-refractivity contribution in [2.75, 3.05) is 17.7 Å². The number of ether oxygens (including phenoxy) is 1. The number of rotatable bonds is 6. The number of aromatic nitrogens is 4. The van der Waals surface area contributed by atoms with Gasteiger partial charge < -0.3 is 15.4 Å². The molecule has 0 unspecified atom stereocenters. The number of thiocarbonyl (C=S) groups is 1. The number of hydrogen-bond acceptors (Lipinski definition) is 4. The molecule has 0 aliphatic rings. The van der Waals surface area contributed by atoms with Crippen molar-refractivity contribution in [3.8, 4) is 0 Å². The number of benzene rings is 1. The van der Waals surface area contributed by atoms with Crippen molar-refractivity contribution < 1.29 is 4.74 Å². The van der Waals surface area contributed by atoms with E-state index in [-0.39, 0.29) is 0 Å².